The molecule has 0 unspecified atom stereocenters. The molecule has 0 aliphatic heterocycles. The second kappa shape index (κ2) is 6.46. The van der Waals surface area contributed by atoms with E-state index >= 15 is 0 Å². The van der Waals surface area contributed by atoms with Crippen LogP contribution in [0.25, 0.3) is 0 Å². The van der Waals surface area contributed by atoms with Crippen molar-refractivity contribution in [1.29, 1.82) is 0 Å². The summed E-state index contributed by atoms with van der Waals surface area (Å²) >= 11 is 0. The topological polar surface area (TPSA) is 58.9 Å². The monoisotopic (exact) mass is 216 g/mol. The molecule has 0 aromatic heterocycles. The third-order valence-corrected chi connectivity index (χ3v) is 2.29. The number of rotatable bonds is 5. The molecule has 0 fully saturated rings. The highest BCUT2D eigenvalue weighted by atomic mass is 16.1. The molecule has 1 aromatic carbocycles. The molecule has 0 amide bonds. The van der Waals surface area contributed by atoms with Crippen LogP contribution in [-0.2, 0) is 29.1 Å². The Morgan fingerprint density at radius 2 is 1.75 bits per heavy atom. The number of benzene rings is 1. The number of aliphatic imine (C=N–C) groups is 2. The molecular formula is C12H12N2O2. The Balaban J connectivity index is 2.99. The first kappa shape index (κ1) is 12.1. The van der Waals surface area contributed by atoms with Crippen molar-refractivity contribution in [2.45, 2.75) is 26.4 Å². The van der Waals surface area contributed by atoms with Crippen molar-refractivity contribution in [3.8, 4) is 0 Å². The van der Waals surface area contributed by atoms with Gasteiger partial charge in [0.15, 0.2) is 0 Å². The molecule has 4 heteroatoms. The van der Waals surface area contributed by atoms with Crippen LogP contribution < -0.4 is 0 Å². The van der Waals surface area contributed by atoms with Crippen molar-refractivity contribution >= 4 is 12.2 Å². The third kappa shape index (κ3) is 3.28. The fourth-order valence-electron chi connectivity index (χ4n) is 1.51. The van der Waals surface area contributed by atoms with Crippen molar-refractivity contribution in [3.05, 3.63) is 34.9 Å². The highest BCUT2D eigenvalue weighted by Gasteiger charge is 2.01. The zero-order chi connectivity index (χ0) is 11.8. The number of carbonyl (C=O) groups excluding carboxylic acids is 2. The summed E-state index contributed by atoms with van der Waals surface area (Å²) in [6, 6.07) is 5.78. The van der Waals surface area contributed by atoms with Crippen LogP contribution in [0.1, 0.15) is 23.6 Å². The molecule has 0 aliphatic rings. The first-order valence-electron chi connectivity index (χ1n) is 4.99. The molecule has 0 aliphatic carbocycles. The fourth-order valence-corrected chi connectivity index (χ4v) is 1.51. The molecule has 1 aromatic rings. The average Bonchev–Trinajstić information content (AvgIpc) is 2.33. The van der Waals surface area contributed by atoms with Gasteiger partial charge in [-0.1, -0.05) is 25.1 Å². The minimum atomic E-state index is 0.311. The number of nitrogens with zero attached hydrogens (tertiary/aromatic N) is 2. The Hall–Kier alpha value is -2.02. The van der Waals surface area contributed by atoms with E-state index in [9.17, 15) is 9.59 Å². The Morgan fingerprint density at radius 3 is 2.38 bits per heavy atom. The standard InChI is InChI=1S/C12H12N2O2/c1-2-11-4-3-10(6-13-8-15)5-12(11)7-14-9-16/h3-5H,2,6-7H2,1H3. The van der Waals surface area contributed by atoms with Crippen LogP contribution in [0.2, 0.25) is 0 Å². The molecule has 1 rings (SSSR count). The maximum Gasteiger partial charge on any atom is 0.235 e. The summed E-state index contributed by atoms with van der Waals surface area (Å²) in [5, 5.41) is 0. The number of aryl methyl sites for hydroxylation is 1. The van der Waals surface area contributed by atoms with Crippen molar-refractivity contribution in [3.63, 3.8) is 0 Å². The van der Waals surface area contributed by atoms with Crippen molar-refractivity contribution in [1.82, 2.24) is 0 Å². The predicted octanol–water partition coefficient (Wildman–Crippen LogP) is 1.92. The summed E-state index contributed by atoms with van der Waals surface area (Å²) in [5.74, 6) is 0. The Bertz CT molecular complexity index is 456. The minimum absolute atomic E-state index is 0.311. The molecule has 16 heavy (non-hydrogen) atoms. The molecule has 0 saturated heterocycles. The zero-order valence-corrected chi connectivity index (χ0v) is 9.06. The van der Waals surface area contributed by atoms with Gasteiger partial charge in [0.1, 0.15) is 0 Å². The lowest BCUT2D eigenvalue weighted by Gasteiger charge is -2.06. The van der Waals surface area contributed by atoms with Crippen LogP contribution in [0.3, 0.4) is 0 Å². The Morgan fingerprint density at radius 1 is 1.06 bits per heavy atom. The third-order valence-electron chi connectivity index (χ3n) is 2.29. The van der Waals surface area contributed by atoms with Gasteiger partial charge in [-0.2, -0.15) is 0 Å². The van der Waals surface area contributed by atoms with E-state index in [1.54, 1.807) is 0 Å². The molecular weight excluding hydrogens is 204 g/mol. The average molecular weight is 216 g/mol. The summed E-state index contributed by atoms with van der Waals surface area (Å²) in [5.41, 5.74) is 3.03. The molecule has 82 valence electrons. The van der Waals surface area contributed by atoms with Gasteiger partial charge in [-0.25, -0.2) is 19.6 Å². The lowest BCUT2D eigenvalue weighted by molar-refractivity contribution is 0.562. The first-order chi connectivity index (χ1) is 7.81. The predicted molar refractivity (Wildman–Crippen MR) is 59.5 cm³/mol. The quantitative estimate of drug-likeness (QED) is 0.557. The second-order valence-corrected chi connectivity index (χ2v) is 3.27. The molecule has 0 N–H and O–H groups in total. The molecule has 0 bridgehead atoms. The van der Waals surface area contributed by atoms with Gasteiger partial charge in [-0.15, -0.1) is 0 Å². The Labute approximate surface area is 93.7 Å². The van der Waals surface area contributed by atoms with Gasteiger partial charge in [0, 0.05) is 0 Å². The van der Waals surface area contributed by atoms with Gasteiger partial charge in [0.25, 0.3) is 0 Å². The van der Waals surface area contributed by atoms with E-state index in [2.05, 4.69) is 9.98 Å². The molecule has 0 radical (unpaired) electrons. The lowest BCUT2D eigenvalue weighted by atomic mass is 10.0. The van der Waals surface area contributed by atoms with E-state index in [1.165, 1.54) is 12.2 Å². The number of isocyanates is 2. The smallest absolute Gasteiger partial charge is 0.211 e. The number of hydrogen-bond acceptors (Lipinski definition) is 4. The maximum atomic E-state index is 10.1. The van der Waals surface area contributed by atoms with Gasteiger partial charge < -0.3 is 0 Å². The highest BCUT2D eigenvalue weighted by molar-refractivity contribution is 5.38. The SMILES string of the molecule is CCc1ccc(CN=C=O)cc1CN=C=O. The van der Waals surface area contributed by atoms with Gasteiger partial charge in [0.05, 0.1) is 13.1 Å². The van der Waals surface area contributed by atoms with E-state index in [1.807, 2.05) is 25.1 Å². The summed E-state index contributed by atoms with van der Waals surface area (Å²) in [4.78, 5) is 27.1. The fraction of sp³-hybridized carbons (Fsp3) is 0.333. The van der Waals surface area contributed by atoms with Crippen LogP contribution in [0.5, 0.6) is 0 Å². The highest BCUT2D eigenvalue weighted by Crippen LogP contribution is 2.14. The van der Waals surface area contributed by atoms with Crippen molar-refractivity contribution in [2.75, 3.05) is 0 Å². The van der Waals surface area contributed by atoms with E-state index < -0.39 is 0 Å². The zero-order valence-electron chi connectivity index (χ0n) is 9.06. The normalized spacial score (nSPS) is 9.06. The molecule has 0 atom stereocenters. The summed E-state index contributed by atoms with van der Waals surface area (Å²) in [6.45, 7) is 2.67. The van der Waals surface area contributed by atoms with Crippen molar-refractivity contribution in [2.24, 2.45) is 9.98 Å². The van der Waals surface area contributed by atoms with Crippen LogP contribution in [0.15, 0.2) is 28.2 Å². The van der Waals surface area contributed by atoms with Crippen LogP contribution in [0.4, 0.5) is 0 Å². The van der Waals surface area contributed by atoms with Gasteiger partial charge in [0.2, 0.25) is 12.2 Å². The van der Waals surface area contributed by atoms with Crippen LogP contribution in [-0.4, -0.2) is 12.2 Å². The van der Waals surface area contributed by atoms with E-state index in [-0.39, 0.29) is 0 Å². The first-order valence-corrected chi connectivity index (χ1v) is 4.99. The molecule has 4 nitrogen and oxygen atoms in total. The van der Waals surface area contributed by atoms with E-state index in [0.29, 0.717) is 13.1 Å². The largest absolute Gasteiger partial charge is 0.235 e. The lowest BCUT2D eigenvalue weighted by Crippen LogP contribution is -1.94. The van der Waals surface area contributed by atoms with Crippen LogP contribution in [0, 0.1) is 0 Å². The molecule has 0 heterocycles. The van der Waals surface area contributed by atoms with Gasteiger partial charge in [-0.05, 0) is 23.1 Å². The molecule has 0 saturated carbocycles. The summed E-state index contributed by atoms with van der Waals surface area (Å²) in [7, 11) is 0. The molecule has 0 spiro atoms. The van der Waals surface area contributed by atoms with E-state index in [4.69, 9.17) is 0 Å². The van der Waals surface area contributed by atoms with E-state index in [0.717, 1.165) is 23.1 Å². The van der Waals surface area contributed by atoms with Crippen molar-refractivity contribution < 1.29 is 9.59 Å². The second-order valence-electron chi connectivity index (χ2n) is 3.27. The maximum absolute atomic E-state index is 10.1. The van der Waals surface area contributed by atoms with Gasteiger partial charge in [-0.3, -0.25) is 0 Å². The number of hydrogen-bond donors (Lipinski definition) is 0. The van der Waals surface area contributed by atoms with Crippen LogP contribution >= 0.6 is 0 Å². The summed E-state index contributed by atoms with van der Waals surface area (Å²) in [6.07, 6.45) is 3.89. The Kier molecular flexibility index (Phi) is 4.87. The summed E-state index contributed by atoms with van der Waals surface area (Å²) < 4.78 is 0. The minimum Gasteiger partial charge on any atom is -0.211 e. The van der Waals surface area contributed by atoms with Gasteiger partial charge >= 0.3 is 0 Å².